The molecule has 0 aliphatic carbocycles. The average Bonchev–Trinajstić information content (AvgIpc) is 2.02. The van der Waals surface area contributed by atoms with Gasteiger partial charge < -0.3 is 9.47 Å². The van der Waals surface area contributed by atoms with E-state index >= 15 is 0 Å². The molecule has 0 amide bonds. The Hall–Kier alpha value is -1.58. The van der Waals surface area contributed by atoms with E-state index in [4.69, 9.17) is 9.47 Å². The maximum Gasteiger partial charge on any atom is 0.336 e. The molecule has 1 atom stereocenters. The van der Waals surface area contributed by atoms with Crippen LogP contribution in [0.2, 0.25) is 0 Å². The van der Waals surface area contributed by atoms with Gasteiger partial charge in [-0.2, -0.15) is 0 Å². The Morgan fingerprint density at radius 2 is 1.93 bits per heavy atom. The number of ether oxygens (including phenoxy) is 2. The Morgan fingerprint density at radius 3 is 2.29 bits per heavy atom. The van der Waals surface area contributed by atoms with Gasteiger partial charge in [-0.25, -0.2) is 4.79 Å². The first kappa shape index (κ1) is 12.4. The third-order valence-electron chi connectivity index (χ3n) is 1.24. The molecule has 0 N–H and O–H groups in total. The van der Waals surface area contributed by atoms with Crippen molar-refractivity contribution in [3.63, 3.8) is 0 Å². The van der Waals surface area contributed by atoms with Crippen LogP contribution in [-0.4, -0.2) is 18.2 Å². The fourth-order valence-electron chi connectivity index (χ4n) is 0.661. The summed E-state index contributed by atoms with van der Waals surface area (Å²) < 4.78 is 9.53. The van der Waals surface area contributed by atoms with E-state index in [0.29, 0.717) is 0 Å². The summed E-state index contributed by atoms with van der Waals surface area (Å²) in [6.07, 6.45) is 0.854. The molecule has 78 valence electrons. The Morgan fingerprint density at radius 1 is 1.36 bits per heavy atom. The number of esters is 2. The zero-order valence-electron chi connectivity index (χ0n) is 8.41. The highest BCUT2D eigenvalue weighted by Crippen LogP contribution is 2.05. The molecule has 0 aliphatic rings. The van der Waals surface area contributed by atoms with Crippen molar-refractivity contribution < 1.29 is 19.1 Å². The van der Waals surface area contributed by atoms with E-state index in [9.17, 15) is 9.59 Å². The summed E-state index contributed by atoms with van der Waals surface area (Å²) in [4.78, 5) is 21.7. The van der Waals surface area contributed by atoms with Crippen molar-refractivity contribution >= 4 is 11.9 Å². The summed E-state index contributed by atoms with van der Waals surface area (Å²) in [5, 5.41) is 0. The van der Waals surface area contributed by atoms with Gasteiger partial charge in [-0.3, -0.25) is 4.79 Å². The molecule has 0 spiro atoms. The van der Waals surface area contributed by atoms with Gasteiger partial charge in [0.05, 0.1) is 0 Å². The van der Waals surface area contributed by atoms with Crippen molar-refractivity contribution in [3.05, 3.63) is 24.8 Å². The van der Waals surface area contributed by atoms with Crippen molar-refractivity contribution in [3.8, 4) is 0 Å². The highest BCUT2D eigenvalue weighted by atomic mass is 16.7. The first-order valence-electron chi connectivity index (χ1n) is 4.12. The van der Waals surface area contributed by atoms with Gasteiger partial charge in [-0.05, 0) is 6.92 Å². The molecule has 0 saturated carbocycles. The fraction of sp³-hybridized carbons (Fsp3) is 0.400. The second-order valence-corrected chi connectivity index (χ2v) is 2.75. The predicted molar refractivity (Wildman–Crippen MR) is 51.3 cm³/mol. The quantitative estimate of drug-likeness (QED) is 0.291. The maximum absolute atomic E-state index is 11.1. The van der Waals surface area contributed by atoms with E-state index in [-0.39, 0.29) is 12.0 Å². The highest BCUT2D eigenvalue weighted by Gasteiger charge is 2.15. The maximum atomic E-state index is 11.1. The van der Waals surface area contributed by atoms with Gasteiger partial charge in [0.2, 0.25) is 0 Å². The average molecular weight is 198 g/mol. The lowest BCUT2D eigenvalue weighted by atomic mass is 10.3. The molecule has 0 aromatic rings. The molecule has 0 fully saturated rings. The molecule has 0 rings (SSSR count). The van der Waals surface area contributed by atoms with Crippen molar-refractivity contribution in [2.45, 2.75) is 26.6 Å². The van der Waals surface area contributed by atoms with Crippen LogP contribution in [0.25, 0.3) is 0 Å². The fourth-order valence-corrected chi connectivity index (χ4v) is 0.661. The van der Waals surface area contributed by atoms with E-state index in [1.54, 1.807) is 0 Å². The molecule has 0 heterocycles. The van der Waals surface area contributed by atoms with Crippen LogP contribution in [0.15, 0.2) is 24.8 Å². The summed E-state index contributed by atoms with van der Waals surface area (Å²) in [6, 6.07) is 0. The Bertz CT molecular complexity index is 255. The first-order chi connectivity index (χ1) is 6.47. The zero-order valence-corrected chi connectivity index (χ0v) is 8.41. The van der Waals surface area contributed by atoms with Crippen LogP contribution in [-0.2, 0) is 19.1 Å². The lowest BCUT2D eigenvalue weighted by Gasteiger charge is -2.15. The number of carbonyl (C=O) groups excluding carboxylic acids is 2. The third kappa shape index (κ3) is 5.13. The number of rotatable bonds is 5. The first-order valence-corrected chi connectivity index (χ1v) is 4.12. The van der Waals surface area contributed by atoms with Gasteiger partial charge in [-0.15, -0.1) is 6.58 Å². The van der Waals surface area contributed by atoms with E-state index in [1.807, 2.05) is 0 Å². The van der Waals surface area contributed by atoms with Crippen LogP contribution in [0.4, 0.5) is 0 Å². The van der Waals surface area contributed by atoms with E-state index in [0.717, 1.165) is 0 Å². The van der Waals surface area contributed by atoms with Crippen molar-refractivity contribution in [1.29, 1.82) is 0 Å². The largest absolute Gasteiger partial charge is 0.425 e. The molecule has 4 heteroatoms. The lowest BCUT2D eigenvalue weighted by molar-refractivity contribution is -0.182. The molecule has 0 aliphatic heterocycles. The van der Waals surface area contributed by atoms with Gasteiger partial charge in [0.1, 0.15) is 0 Å². The molecule has 4 nitrogen and oxygen atoms in total. The molecule has 1 unspecified atom stereocenters. The number of hydrogen-bond acceptors (Lipinski definition) is 4. The van der Waals surface area contributed by atoms with Crippen molar-refractivity contribution in [2.75, 3.05) is 0 Å². The van der Waals surface area contributed by atoms with E-state index in [1.165, 1.54) is 19.9 Å². The molecular weight excluding hydrogens is 184 g/mol. The summed E-state index contributed by atoms with van der Waals surface area (Å²) in [5.41, 5.74) is 0.256. The number of hydrogen-bond donors (Lipinski definition) is 0. The molecule has 0 bridgehead atoms. The Labute approximate surface area is 83.2 Å². The van der Waals surface area contributed by atoms with Gasteiger partial charge in [0.25, 0.3) is 6.29 Å². The smallest absolute Gasteiger partial charge is 0.336 e. The second-order valence-electron chi connectivity index (χ2n) is 2.75. The highest BCUT2D eigenvalue weighted by molar-refractivity contribution is 5.87. The SMILES string of the molecule is C=CCC(OC(C)=O)OC(=O)C(=C)C. The second kappa shape index (κ2) is 5.96. The van der Waals surface area contributed by atoms with E-state index in [2.05, 4.69) is 13.2 Å². The van der Waals surface area contributed by atoms with Crippen LogP contribution in [0.3, 0.4) is 0 Å². The molecule has 0 saturated heterocycles. The third-order valence-corrected chi connectivity index (χ3v) is 1.24. The van der Waals surface area contributed by atoms with Crippen molar-refractivity contribution in [1.82, 2.24) is 0 Å². The Balaban J connectivity index is 4.21. The minimum Gasteiger partial charge on any atom is -0.425 e. The topological polar surface area (TPSA) is 52.6 Å². The zero-order chi connectivity index (χ0) is 11.1. The predicted octanol–water partition coefficient (Wildman–Crippen LogP) is 1.57. The van der Waals surface area contributed by atoms with Gasteiger partial charge in [-0.1, -0.05) is 12.7 Å². The molecule has 0 radical (unpaired) electrons. The normalized spacial score (nSPS) is 11.3. The Kier molecular flexibility index (Phi) is 5.29. The standard InChI is InChI=1S/C10H14O4/c1-5-6-9(13-8(4)11)14-10(12)7(2)3/h5,9H,1-2,6H2,3-4H3. The molecule has 14 heavy (non-hydrogen) atoms. The van der Waals surface area contributed by atoms with Crippen molar-refractivity contribution in [2.24, 2.45) is 0 Å². The van der Waals surface area contributed by atoms with Gasteiger partial charge in [0.15, 0.2) is 0 Å². The minimum absolute atomic E-state index is 0.256. The lowest BCUT2D eigenvalue weighted by Crippen LogP contribution is -2.23. The summed E-state index contributed by atoms with van der Waals surface area (Å²) in [5.74, 6) is -1.09. The van der Waals surface area contributed by atoms with Gasteiger partial charge >= 0.3 is 11.9 Å². The number of carbonyl (C=O) groups is 2. The van der Waals surface area contributed by atoms with Crippen LogP contribution < -0.4 is 0 Å². The monoisotopic (exact) mass is 198 g/mol. The van der Waals surface area contributed by atoms with Crippen LogP contribution in [0.1, 0.15) is 20.3 Å². The van der Waals surface area contributed by atoms with Crippen LogP contribution in [0, 0.1) is 0 Å². The minimum atomic E-state index is -0.908. The summed E-state index contributed by atoms with van der Waals surface area (Å²) in [7, 11) is 0. The van der Waals surface area contributed by atoms with Gasteiger partial charge in [0, 0.05) is 18.9 Å². The molecule has 0 aromatic carbocycles. The summed E-state index contributed by atoms with van der Waals surface area (Å²) >= 11 is 0. The van der Waals surface area contributed by atoms with E-state index < -0.39 is 18.2 Å². The molecule has 0 aromatic heterocycles. The molecular formula is C10H14O4. The summed E-state index contributed by atoms with van der Waals surface area (Å²) in [6.45, 7) is 9.62. The van der Waals surface area contributed by atoms with Crippen LogP contribution >= 0.6 is 0 Å². The van der Waals surface area contributed by atoms with Crippen LogP contribution in [0.5, 0.6) is 0 Å².